The summed E-state index contributed by atoms with van der Waals surface area (Å²) < 4.78 is 0. The van der Waals surface area contributed by atoms with E-state index in [4.69, 9.17) is 0 Å². The maximum atomic E-state index is 12.4. The number of hydrogen-bond donors (Lipinski definition) is 1. The Morgan fingerprint density at radius 1 is 1.28 bits per heavy atom. The molecule has 0 radical (unpaired) electrons. The third-order valence-corrected chi connectivity index (χ3v) is 4.11. The molecule has 0 saturated carbocycles. The van der Waals surface area contributed by atoms with Gasteiger partial charge in [0.1, 0.15) is 5.82 Å². The van der Waals surface area contributed by atoms with Gasteiger partial charge < -0.3 is 10.2 Å². The van der Waals surface area contributed by atoms with Crippen molar-refractivity contribution >= 4 is 11.8 Å². The van der Waals surface area contributed by atoms with Crippen LogP contribution in [0.2, 0.25) is 0 Å². The Morgan fingerprint density at radius 2 is 2.04 bits per heavy atom. The number of carbonyl (C=O) groups excluding carboxylic acids is 2. The second kappa shape index (κ2) is 7.38. The summed E-state index contributed by atoms with van der Waals surface area (Å²) in [6, 6.07) is 7.48. The molecule has 2 aromatic heterocycles. The molecule has 2 aromatic rings. The van der Waals surface area contributed by atoms with Crippen molar-refractivity contribution in [1.82, 2.24) is 25.2 Å². The van der Waals surface area contributed by atoms with Gasteiger partial charge in [0.2, 0.25) is 11.8 Å². The molecule has 1 atom stereocenters. The number of nitrogens with zero attached hydrogens (tertiary/aromatic N) is 4. The highest BCUT2D eigenvalue weighted by Gasteiger charge is 2.34. The van der Waals surface area contributed by atoms with Crippen LogP contribution in [0.5, 0.6) is 0 Å². The van der Waals surface area contributed by atoms with E-state index in [1.165, 1.54) is 0 Å². The van der Waals surface area contributed by atoms with Gasteiger partial charge in [0.05, 0.1) is 24.7 Å². The van der Waals surface area contributed by atoms with Crippen molar-refractivity contribution < 1.29 is 9.59 Å². The van der Waals surface area contributed by atoms with Crippen LogP contribution in [0.1, 0.15) is 29.3 Å². The molecule has 1 aliphatic rings. The van der Waals surface area contributed by atoms with Gasteiger partial charge in [0.25, 0.3) is 0 Å². The van der Waals surface area contributed by atoms with E-state index in [0.29, 0.717) is 18.9 Å². The highest BCUT2D eigenvalue weighted by atomic mass is 16.2. The van der Waals surface area contributed by atoms with Crippen molar-refractivity contribution in [2.75, 3.05) is 6.54 Å². The summed E-state index contributed by atoms with van der Waals surface area (Å²) in [6.07, 6.45) is 1.93. The van der Waals surface area contributed by atoms with Crippen LogP contribution in [0.15, 0.2) is 30.5 Å². The number of likely N-dealkylation sites (tertiary alicyclic amines) is 1. The summed E-state index contributed by atoms with van der Waals surface area (Å²) in [5.41, 5.74) is 2.56. The van der Waals surface area contributed by atoms with E-state index >= 15 is 0 Å². The first-order valence-corrected chi connectivity index (χ1v) is 8.28. The molecule has 25 heavy (non-hydrogen) atoms. The summed E-state index contributed by atoms with van der Waals surface area (Å²) in [5.74, 6) is 0.0794. The minimum Gasteiger partial charge on any atom is -0.348 e. The largest absolute Gasteiger partial charge is 0.348 e. The molecule has 0 bridgehead atoms. The van der Waals surface area contributed by atoms with Crippen LogP contribution >= 0.6 is 0 Å². The Hall–Kier alpha value is -2.83. The molecule has 0 aromatic carbocycles. The van der Waals surface area contributed by atoms with Gasteiger partial charge in [-0.05, 0) is 32.0 Å². The third-order valence-electron chi connectivity index (χ3n) is 4.11. The number of pyridine rings is 1. The zero-order valence-corrected chi connectivity index (χ0v) is 14.4. The van der Waals surface area contributed by atoms with E-state index in [1.54, 1.807) is 11.1 Å². The number of rotatable bonds is 5. The lowest BCUT2D eigenvalue weighted by molar-refractivity contribution is -0.129. The first-order chi connectivity index (χ1) is 12.0. The van der Waals surface area contributed by atoms with Gasteiger partial charge in [-0.3, -0.25) is 14.6 Å². The van der Waals surface area contributed by atoms with E-state index < -0.39 is 0 Å². The fraction of sp³-hybridized carbons (Fsp3) is 0.389. The van der Waals surface area contributed by atoms with E-state index in [2.05, 4.69) is 20.3 Å². The van der Waals surface area contributed by atoms with E-state index in [0.717, 1.165) is 17.1 Å². The van der Waals surface area contributed by atoms with E-state index in [1.807, 2.05) is 38.1 Å². The number of aromatic nitrogens is 3. The molecular formula is C18H21N5O2. The molecule has 0 aliphatic carbocycles. The van der Waals surface area contributed by atoms with Crippen LogP contribution in [0.3, 0.4) is 0 Å². The van der Waals surface area contributed by atoms with Crippen LogP contribution in [-0.4, -0.2) is 38.2 Å². The molecule has 7 nitrogen and oxygen atoms in total. The van der Waals surface area contributed by atoms with Crippen molar-refractivity contribution in [3.05, 3.63) is 53.4 Å². The highest BCUT2D eigenvalue weighted by molar-refractivity contribution is 5.89. The average molecular weight is 339 g/mol. The summed E-state index contributed by atoms with van der Waals surface area (Å²) in [4.78, 5) is 39.0. The Balaban J connectivity index is 1.55. The molecule has 1 N–H and O–H groups in total. The molecule has 1 saturated heterocycles. The summed E-state index contributed by atoms with van der Waals surface area (Å²) in [6.45, 7) is 4.90. The third kappa shape index (κ3) is 4.37. The van der Waals surface area contributed by atoms with Crippen LogP contribution < -0.4 is 5.32 Å². The molecule has 7 heteroatoms. The first kappa shape index (κ1) is 17.0. The average Bonchev–Trinajstić information content (AvgIpc) is 2.94. The Labute approximate surface area is 146 Å². The smallest absolute Gasteiger partial charge is 0.225 e. The van der Waals surface area contributed by atoms with Gasteiger partial charge in [-0.1, -0.05) is 6.07 Å². The number of nitrogens with one attached hydrogen (secondary N) is 1. The zero-order chi connectivity index (χ0) is 17.8. The predicted octanol–water partition coefficient (Wildman–Crippen LogP) is 1.15. The quantitative estimate of drug-likeness (QED) is 0.883. The van der Waals surface area contributed by atoms with Crippen LogP contribution in [0.4, 0.5) is 0 Å². The predicted molar refractivity (Wildman–Crippen MR) is 91.1 cm³/mol. The highest BCUT2D eigenvalue weighted by Crippen LogP contribution is 2.20. The Morgan fingerprint density at radius 3 is 2.72 bits per heavy atom. The van der Waals surface area contributed by atoms with Crippen molar-refractivity contribution in [3.63, 3.8) is 0 Å². The molecule has 2 amide bonds. The van der Waals surface area contributed by atoms with Gasteiger partial charge >= 0.3 is 0 Å². The molecular weight excluding hydrogens is 318 g/mol. The van der Waals surface area contributed by atoms with E-state index in [-0.39, 0.29) is 30.7 Å². The molecule has 3 rings (SSSR count). The monoisotopic (exact) mass is 339 g/mol. The maximum Gasteiger partial charge on any atom is 0.225 e. The van der Waals surface area contributed by atoms with Gasteiger partial charge in [0, 0.05) is 30.6 Å². The number of amides is 2. The van der Waals surface area contributed by atoms with Crippen molar-refractivity contribution in [1.29, 1.82) is 0 Å². The second-order valence-electron chi connectivity index (χ2n) is 6.28. The summed E-state index contributed by atoms with van der Waals surface area (Å²) in [7, 11) is 0. The molecule has 130 valence electrons. The van der Waals surface area contributed by atoms with Gasteiger partial charge in [0.15, 0.2) is 0 Å². The van der Waals surface area contributed by atoms with Gasteiger partial charge in [-0.25, -0.2) is 9.97 Å². The van der Waals surface area contributed by atoms with Crippen LogP contribution in [-0.2, 0) is 22.7 Å². The number of hydrogen-bond acceptors (Lipinski definition) is 5. The fourth-order valence-electron chi connectivity index (χ4n) is 2.98. The van der Waals surface area contributed by atoms with Crippen LogP contribution in [0, 0.1) is 19.8 Å². The fourth-order valence-corrected chi connectivity index (χ4v) is 2.98. The molecule has 0 spiro atoms. The number of carbonyl (C=O) groups is 2. The molecule has 1 aliphatic heterocycles. The lowest BCUT2D eigenvalue weighted by Crippen LogP contribution is -2.33. The SMILES string of the molecule is Cc1cc(C)nc(CNC(=O)[C@@H]2CC(=O)N(Cc3ccccn3)C2)n1. The zero-order valence-electron chi connectivity index (χ0n) is 14.4. The van der Waals surface area contributed by atoms with Crippen molar-refractivity contribution in [3.8, 4) is 0 Å². The maximum absolute atomic E-state index is 12.4. The summed E-state index contributed by atoms with van der Waals surface area (Å²) >= 11 is 0. The summed E-state index contributed by atoms with van der Waals surface area (Å²) in [5, 5.41) is 2.84. The van der Waals surface area contributed by atoms with Crippen LogP contribution in [0.25, 0.3) is 0 Å². The van der Waals surface area contributed by atoms with E-state index in [9.17, 15) is 9.59 Å². The molecule has 0 unspecified atom stereocenters. The minimum absolute atomic E-state index is 0.0200. The first-order valence-electron chi connectivity index (χ1n) is 8.28. The standard InChI is InChI=1S/C18H21N5O2/c1-12-7-13(2)22-16(21-12)9-20-18(25)14-8-17(24)23(10-14)11-15-5-3-4-6-19-15/h3-7,14H,8-11H2,1-2H3,(H,20,25)/t14-/m1/s1. The lowest BCUT2D eigenvalue weighted by Gasteiger charge is -2.16. The van der Waals surface area contributed by atoms with Gasteiger partial charge in [-0.2, -0.15) is 0 Å². The number of aryl methyl sites for hydroxylation is 2. The molecule has 1 fully saturated rings. The van der Waals surface area contributed by atoms with Crippen molar-refractivity contribution in [2.24, 2.45) is 5.92 Å². The van der Waals surface area contributed by atoms with Gasteiger partial charge in [-0.15, -0.1) is 0 Å². The molecule has 3 heterocycles. The Kier molecular flexibility index (Phi) is 5.02. The van der Waals surface area contributed by atoms with Crippen molar-refractivity contribution in [2.45, 2.75) is 33.4 Å². The minimum atomic E-state index is -0.345. The topological polar surface area (TPSA) is 88.1 Å². The Bertz CT molecular complexity index is 758. The normalized spacial score (nSPS) is 17.0. The lowest BCUT2D eigenvalue weighted by atomic mass is 10.1. The second-order valence-corrected chi connectivity index (χ2v) is 6.28.